The standard InChI is InChI=1S/C17H29N3O5S/c1-26(23,24)20-8-2-4-14(20)16(21)18-11-12-6-7-13(10-12)19-17(22)15-5-3-9-25-15/h12-15H,2-11H2,1H3,(H,18,21)(H,19,22)/t12-,13+,14-,15+/m0/s1. The first-order chi connectivity index (χ1) is 12.3. The van der Waals surface area contributed by atoms with Crippen molar-refractivity contribution in [2.45, 2.75) is 63.1 Å². The van der Waals surface area contributed by atoms with E-state index in [1.807, 2.05) is 0 Å². The van der Waals surface area contributed by atoms with Crippen LogP contribution in [0.1, 0.15) is 44.9 Å². The predicted octanol–water partition coefficient (Wildman–Crippen LogP) is -0.00950. The van der Waals surface area contributed by atoms with Gasteiger partial charge in [-0.2, -0.15) is 4.31 Å². The van der Waals surface area contributed by atoms with Gasteiger partial charge in [-0.3, -0.25) is 9.59 Å². The molecule has 3 fully saturated rings. The van der Waals surface area contributed by atoms with Gasteiger partial charge >= 0.3 is 0 Å². The molecular weight excluding hydrogens is 358 g/mol. The number of hydrogen-bond acceptors (Lipinski definition) is 5. The van der Waals surface area contributed by atoms with Gasteiger partial charge in [0.1, 0.15) is 12.1 Å². The van der Waals surface area contributed by atoms with Crippen molar-refractivity contribution in [1.29, 1.82) is 0 Å². The fraction of sp³-hybridized carbons (Fsp3) is 0.882. The Bertz CT molecular complexity index is 632. The quantitative estimate of drug-likeness (QED) is 0.667. The molecule has 9 heteroatoms. The number of amides is 2. The first-order valence-electron chi connectivity index (χ1n) is 9.51. The van der Waals surface area contributed by atoms with Gasteiger partial charge in [0.25, 0.3) is 0 Å². The van der Waals surface area contributed by atoms with Crippen LogP contribution in [0.2, 0.25) is 0 Å². The van der Waals surface area contributed by atoms with Crippen LogP contribution >= 0.6 is 0 Å². The lowest BCUT2D eigenvalue weighted by atomic mass is 10.1. The molecule has 2 saturated heterocycles. The Morgan fingerprint density at radius 2 is 1.92 bits per heavy atom. The lowest BCUT2D eigenvalue weighted by Gasteiger charge is -2.22. The monoisotopic (exact) mass is 387 g/mol. The van der Waals surface area contributed by atoms with Crippen molar-refractivity contribution in [3.63, 3.8) is 0 Å². The molecule has 0 bridgehead atoms. The molecule has 26 heavy (non-hydrogen) atoms. The molecule has 0 aromatic rings. The molecule has 2 amide bonds. The largest absolute Gasteiger partial charge is 0.368 e. The maximum absolute atomic E-state index is 12.4. The molecule has 8 nitrogen and oxygen atoms in total. The number of ether oxygens (including phenoxy) is 1. The van der Waals surface area contributed by atoms with Crippen LogP contribution in [0.25, 0.3) is 0 Å². The Labute approximate surface area is 155 Å². The molecule has 3 aliphatic rings. The van der Waals surface area contributed by atoms with E-state index in [2.05, 4.69) is 10.6 Å². The van der Waals surface area contributed by atoms with E-state index in [1.165, 1.54) is 4.31 Å². The third-order valence-corrected chi connectivity index (χ3v) is 6.90. The van der Waals surface area contributed by atoms with Crippen LogP contribution in [0.4, 0.5) is 0 Å². The minimum Gasteiger partial charge on any atom is -0.368 e. The summed E-state index contributed by atoms with van der Waals surface area (Å²) in [7, 11) is -3.35. The van der Waals surface area contributed by atoms with Gasteiger partial charge in [-0.15, -0.1) is 0 Å². The van der Waals surface area contributed by atoms with Crippen molar-refractivity contribution in [2.24, 2.45) is 5.92 Å². The molecular formula is C17H29N3O5S. The van der Waals surface area contributed by atoms with Crippen LogP contribution in [0.3, 0.4) is 0 Å². The van der Waals surface area contributed by atoms with Crippen LogP contribution in [-0.2, 0) is 24.3 Å². The fourth-order valence-electron chi connectivity index (χ4n) is 4.23. The van der Waals surface area contributed by atoms with Crippen molar-refractivity contribution < 1.29 is 22.7 Å². The molecule has 0 aromatic carbocycles. The zero-order valence-corrected chi connectivity index (χ0v) is 16.1. The molecule has 0 unspecified atom stereocenters. The molecule has 3 rings (SSSR count). The number of carbonyl (C=O) groups is 2. The number of rotatable bonds is 6. The number of carbonyl (C=O) groups excluding carboxylic acids is 2. The Morgan fingerprint density at radius 3 is 2.62 bits per heavy atom. The first kappa shape index (κ1) is 19.6. The lowest BCUT2D eigenvalue weighted by Crippen LogP contribution is -2.46. The highest BCUT2D eigenvalue weighted by Crippen LogP contribution is 2.26. The smallest absolute Gasteiger partial charge is 0.249 e. The SMILES string of the molecule is CS(=O)(=O)N1CCC[C@H]1C(=O)NC[C@H]1CC[C@@H](NC(=O)[C@H]2CCCO2)C1. The summed E-state index contributed by atoms with van der Waals surface area (Å²) in [6.07, 6.45) is 6.53. The normalized spacial score (nSPS) is 32.7. The molecule has 148 valence electrons. The van der Waals surface area contributed by atoms with Gasteiger partial charge in [0.15, 0.2) is 0 Å². The molecule has 1 aliphatic carbocycles. The van der Waals surface area contributed by atoms with E-state index < -0.39 is 16.1 Å². The molecule has 4 atom stereocenters. The number of nitrogens with zero attached hydrogens (tertiary/aromatic N) is 1. The third-order valence-electron chi connectivity index (χ3n) is 5.61. The van der Waals surface area contributed by atoms with E-state index >= 15 is 0 Å². The van der Waals surface area contributed by atoms with E-state index in [1.54, 1.807) is 0 Å². The van der Waals surface area contributed by atoms with Crippen LogP contribution in [-0.4, -0.2) is 68.7 Å². The topological polar surface area (TPSA) is 105 Å². The molecule has 0 aromatic heterocycles. The van der Waals surface area contributed by atoms with E-state index in [9.17, 15) is 18.0 Å². The van der Waals surface area contributed by atoms with Crippen molar-refractivity contribution in [1.82, 2.24) is 14.9 Å². The molecule has 2 aliphatic heterocycles. The minimum atomic E-state index is -3.35. The van der Waals surface area contributed by atoms with Crippen LogP contribution in [0, 0.1) is 5.92 Å². The second-order valence-corrected chi connectivity index (χ2v) is 9.60. The van der Waals surface area contributed by atoms with Gasteiger partial charge in [-0.1, -0.05) is 0 Å². The summed E-state index contributed by atoms with van der Waals surface area (Å²) in [4.78, 5) is 24.5. The third kappa shape index (κ3) is 4.75. The van der Waals surface area contributed by atoms with Gasteiger partial charge in [-0.05, 0) is 50.9 Å². The molecule has 1 saturated carbocycles. The fourth-order valence-corrected chi connectivity index (χ4v) is 5.36. The second kappa shape index (κ2) is 8.22. The maximum Gasteiger partial charge on any atom is 0.249 e. The van der Waals surface area contributed by atoms with Crippen LogP contribution in [0.5, 0.6) is 0 Å². The van der Waals surface area contributed by atoms with Crippen LogP contribution < -0.4 is 10.6 Å². The first-order valence-corrected chi connectivity index (χ1v) is 11.4. The average Bonchev–Trinajstić information content (AvgIpc) is 3.31. The van der Waals surface area contributed by atoms with E-state index in [-0.39, 0.29) is 24.0 Å². The zero-order valence-electron chi connectivity index (χ0n) is 15.3. The summed E-state index contributed by atoms with van der Waals surface area (Å²) in [6, 6.07) is -0.450. The Balaban J connectivity index is 1.41. The predicted molar refractivity (Wildman–Crippen MR) is 95.8 cm³/mol. The Hall–Kier alpha value is -1.19. The van der Waals surface area contributed by atoms with E-state index in [4.69, 9.17) is 4.74 Å². The van der Waals surface area contributed by atoms with Gasteiger partial charge in [0.05, 0.1) is 6.26 Å². The highest BCUT2D eigenvalue weighted by atomic mass is 32.2. The van der Waals surface area contributed by atoms with E-state index in [0.717, 1.165) is 38.4 Å². The van der Waals surface area contributed by atoms with Gasteiger partial charge in [-0.25, -0.2) is 8.42 Å². The zero-order chi connectivity index (χ0) is 18.7. The molecule has 0 spiro atoms. The summed E-state index contributed by atoms with van der Waals surface area (Å²) in [5.41, 5.74) is 0. The summed E-state index contributed by atoms with van der Waals surface area (Å²) >= 11 is 0. The van der Waals surface area contributed by atoms with E-state index in [0.29, 0.717) is 38.5 Å². The number of nitrogens with one attached hydrogen (secondary N) is 2. The lowest BCUT2D eigenvalue weighted by molar-refractivity contribution is -0.130. The van der Waals surface area contributed by atoms with Crippen molar-refractivity contribution >= 4 is 21.8 Å². The highest BCUT2D eigenvalue weighted by molar-refractivity contribution is 7.88. The summed E-state index contributed by atoms with van der Waals surface area (Å²) in [5, 5.41) is 5.97. The van der Waals surface area contributed by atoms with Crippen molar-refractivity contribution in [2.75, 3.05) is 26.0 Å². The minimum absolute atomic E-state index is 0.0214. The maximum atomic E-state index is 12.4. The Kier molecular flexibility index (Phi) is 6.19. The van der Waals surface area contributed by atoms with Crippen molar-refractivity contribution in [3.8, 4) is 0 Å². The molecule has 2 heterocycles. The summed E-state index contributed by atoms with van der Waals surface area (Å²) in [5.74, 6) is 0.0773. The summed E-state index contributed by atoms with van der Waals surface area (Å²) in [6.45, 7) is 1.60. The Morgan fingerprint density at radius 1 is 1.12 bits per heavy atom. The van der Waals surface area contributed by atoms with Gasteiger partial charge < -0.3 is 15.4 Å². The molecule has 2 N–H and O–H groups in total. The summed E-state index contributed by atoms with van der Waals surface area (Å²) < 4.78 is 30.2. The molecule has 0 radical (unpaired) electrons. The number of sulfonamides is 1. The van der Waals surface area contributed by atoms with Gasteiger partial charge in [0, 0.05) is 25.7 Å². The van der Waals surface area contributed by atoms with Crippen LogP contribution in [0.15, 0.2) is 0 Å². The highest BCUT2D eigenvalue weighted by Gasteiger charge is 2.37. The number of hydrogen-bond donors (Lipinski definition) is 2. The second-order valence-electron chi connectivity index (χ2n) is 7.66. The van der Waals surface area contributed by atoms with Crippen molar-refractivity contribution in [3.05, 3.63) is 0 Å². The van der Waals surface area contributed by atoms with Gasteiger partial charge in [0.2, 0.25) is 21.8 Å². The average molecular weight is 388 g/mol.